The number of carbonyl (C=O) groups is 1. The van der Waals surface area contributed by atoms with E-state index in [4.69, 9.17) is 9.47 Å². The molecule has 0 unspecified atom stereocenters. The minimum Gasteiger partial charge on any atom is -0.491 e. The zero-order chi connectivity index (χ0) is 25.0. The molecule has 0 aliphatic carbocycles. The van der Waals surface area contributed by atoms with Crippen molar-refractivity contribution in [3.63, 3.8) is 0 Å². The molecule has 1 heterocycles. The largest absolute Gasteiger partial charge is 0.491 e. The van der Waals surface area contributed by atoms with E-state index in [1.807, 2.05) is 7.05 Å². The molecule has 0 radical (unpaired) electrons. The predicted molar refractivity (Wildman–Crippen MR) is 133 cm³/mol. The minimum atomic E-state index is -3.82. The number of hydrogen-bond acceptors (Lipinski definition) is 6. The Hall–Kier alpha value is -2.62. The summed E-state index contributed by atoms with van der Waals surface area (Å²) in [6, 6.07) is 11.7. The number of amides is 1. The number of sulfonamides is 1. The molecular weight excluding hydrogens is 454 g/mol. The average molecular weight is 490 g/mol. The topological polar surface area (TPSA) is 88.2 Å². The summed E-state index contributed by atoms with van der Waals surface area (Å²) in [6.45, 7) is 7.51. The van der Waals surface area contributed by atoms with Crippen LogP contribution in [0.15, 0.2) is 47.4 Å². The van der Waals surface area contributed by atoms with Gasteiger partial charge in [-0.3, -0.25) is 14.4 Å². The smallest absolute Gasteiger partial charge is 0.262 e. The van der Waals surface area contributed by atoms with Crippen LogP contribution >= 0.6 is 0 Å². The van der Waals surface area contributed by atoms with E-state index in [9.17, 15) is 13.2 Å². The molecule has 1 aliphatic heterocycles. The molecule has 186 valence electrons. The van der Waals surface area contributed by atoms with Crippen LogP contribution in [0, 0.1) is 12.8 Å². The van der Waals surface area contributed by atoms with Crippen molar-refractivity contribution in [3.8, 4) is 5.75 Å². The second-order valence-corrected chi connectivity index (χ2v) is 10.8. The number of nitrogens with one attached hydrogen (secondary N) is 1. The molecule has 34 heavy (non-hydrogen) atoms. The van der Waals surface area contributed by atoms with Crippen molar-refractivity contribution >= 4 is 21.6 Å². The molecule has 0 bridgehead atoms. The van der Waals surface area contributed by atoms with Gasteiger partial charge in [-0.2, -0.15) is 0 Å². The van der Waals surface area contributed by atoms with Crippen LogP contribution in [0.1, 0.15) is 29.8 Å². The first-order chi connectivity index (χ1) is 16.0. The maximum absolute atomic E-state index is 13.4. The Kier molecular flexibility index (Phi) is 8.22. The van der Waals surface area contributed by atoms with E-state index in [1.165, 1.54) is 6.07 Å². The van der Waals surface area contributed by atoms with Crippen LogP contribution in [0.25, 0.3) is 0 Å². The average Bonchev–Trinajstić information content (AvgIpc) is 2.79. The summed E-state index contributed by atoms with van der Waals surface area (Å²) in [4.78, 5) is 17.4. The molecule has 2 aromatic rings. The molecule has 0 spiro atoms. The zero-order valence-electron chi connectivity index (χ0n) is 20.7. The molecule has 9 heteroatoms. The Balaban J connectivity index is 1.97. The summed E-state index contributed by atoms with van der Waals surface area (Å²) in [5.41, 5.74) is 1.23. The highest BCUT2D eigenvalue weighted by molar-refractivity contribution is 7.92. The highest BCUT2D eigenvalue weighted by atomic mass is 32.2. The summed E-state index contributed by atoms with van der Waals surface area (Å²) in [5.74, 6) is 0.347. The lowest BCUT2D eigenvalue weighted by Gasteiger charge is -2.34. The third-order valence-corrected chi connectivity index (χ3v) is 7.93. The summed E-state index contributed by atoms with van der Waals surface area (Å²) in [7, 11) is 1.60. The molecule has 0 saturated carbocycles. The van der Waals surface area contributed by atoms with Crippen molar-refractivity contribution < 1.29 is 22.7 Å². The minimum absolute atomic E-state index is 0.110. The van der Waals surface area contributed by atoms with Crippen molar-refractivity contribution in [3.05, 3.63) is 53.6 Å². The molecule has 0 aromatic heterocycles. The summed E-state index contributed by atoms with van der Waals surface area (Å²) < 4.78 is 40.3. The third-order valence-electron chi connectivity index (χ3n) is 6.39. The number of benzene rings is 2. The van der Waals surface area contributed by atoms with Crippen molar-refractivity contribution in [1.82, 2.24) is 9.80 Å². The Morgan fingerprint density at radius 3 is 2.47 bits per heavy atom. The first-order valence-corrected chi connectivity index (χ1v) is 12.9. The summed E-state index contributed by atoms with van der Waals surface area (Å²) in [5, 5.41) is 0. The van der Waals surface area contributed by atoms with Crippen LogP contribution in [-0.2, 0) is 14.8 Å². The van der Waals surface area contributed by atoms with Crippen LogP contribution in [0.3, 0.4) is 0 Å². The van der Waals surface area contributed by atoms with Crippen LogP contribution in [0.5, 0.6) is 5.75 Å². The van der Waals surface area contributed by atoms with Gasteiger partial charge in [0.25, 0.3) is 15.9 Å². The number of hydrogen-bond donors (Lipinski definition) is 1. The van der Waals surface area contributed by atoms with Gasteiger partial charge in [0.15, 0.2) is 0 Å². The lowest BCUT2D eigenvalue weighted by molar-refractivity contribution is 0.0150. The SMILES string of the molecule is CO[C@H]1CN(C)C(=O)c2cc(NS(=O)(=O)c3ccccc3C)ccc2OC[C@H](C)N(C)C[C@H]1C. The third kappa shape index (κ3) is 5.89. The molecule has 1 N–H and O–H groups in total. The number of anilines is 1. The molecule has 3 rings (SSSR count). The Morgan fingerprint density at radius 1 is 1.09 bits per heavy atom. The number of nitrogens with zero attached hydrogens (tertiary/aromatic N) is 2. The number of ether oxygens (including phenoxy) is 2. The molecule has 0 saturated heterocycles. The lowest BCUT2D eigenvalue weighted by atomic mass is 10.0. The lowest BCUT2D eigenvalue weighted by Crippen LogP contribution is -2.45. The van der Waals surface area contributed by atoms with Gasteiger partial charge in [0.05, 0.1) is 16.6 Å². The first kappa shape index (κ1) is 26.0. The fourth-order valence-corrected chi connectivity index (χ4v) is 5.39. The van der Waals surface area contributed by atoms with Gasteiger partial charge in [-0.05, 0) is 56.6 Å². The number of aryl methyl sites for hydroxylation is 1. The molecular formula is C25H35N3O5S. The van der Waals surface area contributed by atoms with E-state index in [1.54, 1.807) is 62.4 Å². The predicted octanol–water partition coefficient (Wildman–Crippen LogP) is 3.23. The fourth-order valence-electron chi connectivity index (χ4n) is 4.09. The molecule has 1 aliphatic rings. The molecule has 0 fully saturated rings. The van der Waals surface area contributed by atoms with E-state index in [0.29, 0.717) is 35.7 Å². The Labute approximate surface area is 202 Å². The standard InChI is InChI=1S/C25H35N3O5S/c1-17-9-7-8-10-24(17)34(30,31)26-20-11-12-22-21(13-20)25(29)28(5)15-23(32-6)18(2)14-27(4)19(3)16-33-22/h7-13,18-19,23,26H,14-16H2,1-6H3/t18-,19+,23+/m1/s1. The van der Waals surface area contributed by atoms with Crippen molar-refractivity contribution in [2.24, 2.45) is 5.92 Å². The number of methoxy groups -OCH3 is 1. The quantitative estimate of drug-likeness (QED) is 0.710. The van der Waals surface area contributed by atoms with Crippen LogP contribution < -0.4 is 9.46 Å². The fraction of sp³-hybridized carbons (Fsp3) is 0.480. The monoisotopic (exact) mass is 489 g/mol. The van der Waals surface area contributed by atoms with Gasteiger partial charge in [0.2, 0.25) is 0 Å². The van der Waals surface area contributed by atoms with Gasteiger partial charge in [0.1, 0.15) is 12.4 Å². The Morgan fingerprint density at radius 2 is 1.79 bits per heavy atom. The maximum Gasteiger partial charge on any atom is 0.262 e. The Bertz CT molecular complexity index is 1120. The normalized spacial score (nSPS) is 22.8. The molecule has 2 aromatic carbocycles. The maximum atomic E-state index is 13.4. The number of carbonyl (C=O) groups excluding carboxylic acids is 1. The van der Waals surface area contributed by atoms with Gasteiger partial charge in [-0.1, -0.05) is 25.1 Å². The van der Waals surface area contributed by atoms with Crippen LogP contribution in [0.4, 0.5) is 5.69 Å². The van der Waals surface area contributed by atoms with Gasteiger partial charge in [-0.25, -0.2) is 8.42 Å². The molecule has 3 atom stereocenters. The summed E-state index contributed by atoms with van der Waals surface area (Å²) in [6.07, 6.45) is -0.143. The number of likely N-dealkylation sites (N-methyl/N-ethyl adjacent to an activating group) is 2. The van der Waals surface area contributed by atoms with E-state index >= 15 is 0 Å². The van der Waals surface area contributed by atoms with Crippen molar-refractivity contribution in [2.45, 2.75) is 37.8 Å². The number of fused-ring (bicyclic) bond motifs is 1. The molecule has 1 amide bonds. The van der Waals surface area contributed by atoms with Gasteiger partial charge >= 0.3 is 0 Å². The van der Waals surface area contributed by atoms with E-state index in [-0.39, 0.29) is 28.9 Å². The van der Waals surface area contributed by atoms with Gasteiger partial charge in [0, 0.05) is 39.0 Å². The van der Waals surface area contributed by atoms with Crippen LogP contribution in [0.2, 0.25) is 0 Å². The van der Waals surface area contributed by atoms with E-state index < -0.39 is 10.0 Å². The van der Waals surface area contributed by atoms with E-state index in [0.717, 1.165) is 6.54 Å². The van der Waals surface area contributed by atoms with Crippen molar-refractivity contribution in [2.75, 3.05) is 45.6 Å². The second-order valence-electron chi connectivity index (χ2n) is 9.12. The van der Waals surface area contributed by atoms with Crippen LogP contribution in [-0.4, -0.2) is 77.2 Å². The van der Waals surface area contributed by atoms with Gasteiger partial charge < -0.3 is 14.4 Å². The van der Waals surface area contributed by atoms with Gasteiger partial charge in [-0.15, -0.1) is 0 Å². The molecule has 8 nitrogen and oxygen atoms in total. The second kappa shape index (κ2) is 10.8. The highest BCUT2D eigenvalue weighted by Gasteiger charge is 2.27. The van der Waals surface area contributed by atoms with Crippen molar-refractivity contribution in [1.29, 1.82) is 0 Å². The zero-order valence-corrected chi connectivity index (χ0v) is 21.6. The number of rotatable bonds is 4. The highest BCUT2D eigenvalue weighted by Crippen LogP contribution is 2.28. The summed E-state index contributed by atoms with van der Waals surface area (Å²) >= 11 is 0. The first-order valence-electron chi connectivity index (χ1n) is 11.4. The van der Waals surface area contributed by atoms with E-state index in [2.05, 4.69) is 23.5 Å².